The number of ether oxygens (including phenoxy) is 2. The molecule has 0 aliphatic heterocycles. The maximum absolute atomic E-state index is 12.3. The van der Waals surface area contributed by atoms with Gasteiger partial charge >= 0.3 is 0 Å². The summed E-state index contributed by atoms with van der Waals surface area (Å²) in [6.45, 7) is 3.02. The molecule has 2 aromatic rings. The predicted molar refractivity (Wildman–Crippen MR) is 123 cm³/mol. The molecule has 0 heterocycles. The Labute approximate surface area is 189 Å². The molecule has 0 atom stereocenters. The van der Waals surface area contributed by atoms with Crippen molar-refractivity contribution in [3.05, 3.63) is 59.7 Å². The molecule has 0 aromatic heterocycles. The van der Waals surface area contributed by atoms with E-state index in [4.69, 9.17) is 9.47 Å². The van der Waals surface area contributed by atoms with Crippen LogP contribution in [0.25, 0.3) is 0 Å². The minimum Gasteiger partial charge on any atom is -0.497 e. The minimum absolute atomic E-state index is 0.0276. The molecule has 0 unspecified atom stereocenters. The molecule has 32 heavy (non-hydrogen) atoms. The van der Waals surface area contributed by atoms with Gasteiger partial charge in [0.05, 0.1) is 20.3 Å². The fourth-order valence-corrected chi connectivity index (χ4v) is 2.92. The van der Waals surface area contributed by atoms with Gasteiger partial charge in [-0.25, -0.2) is 0 Å². The summed E-state index contributed by atoms with van der Waals surface area (Å²) in [5.74, 6) is 0.718. The molecule has 0 spiro atoms. The number of hydrogen-bond acceptors (Lipinski definition) is 5. The summed E-state index contributed by atoms with van der Waals surface area (Å²) in [6, 6.07) is 14.3. The van der Waals surface area contributed by atoms with Crippen molar-refractivity contribution >= 4 is 17.6 Å². The van der Waals surface area contributed by atoms with Crippen LogP contribution < -0.4 is 20.1 Å². The molecule has 2 N–H and O–H groups in total. The van der Waals surface area contributed by atoms with Crippen LogP contribution in [0.15, 0.2) is 48.5 Å². The van der Waals surface area contributed by atoms with Gasteiger partial charge in [-0.15, -0.1) is 0 Å². The van der Waals surface area contributed by atoms with Crippen molar-refractivity contribution in [3.63, 3.8) is 0 Å². The van der Waals surface area contributed by atoms with Crippen LogP contribution in [0.5, 0.6) is 11.5 Å². The zero-order valence-corrected chi connectivity index (χ0v) is 18.8. The number of unbranched alkanes of at least 4 members (excludes halogenated alkanes) is 2. The van der Waals surface area contributed by atoms with Gasteiger partial charge in [0, 0.05) is 24.9 Å². The highest BCUT2D eigenvalue weighted by Gasteiger charge is 2.11. The first-order valence-electron chi connectivity index (χ1n) is 10.9. The second-order valence-electron chi connectivity index (χ2n) is 7.40. The fraction of sp³-hybridized carbons (Fsp3) is 0.400. The summed E-state index contributed by atoms with van der Waals surface area (Å²) < 4.78 is 10.7. The molecule has 0 fully saturated rings. The van der Waals surface area contributed by atoms with Gasteiger partial charge in [-0.1, -0.05) is 31.9 Å². The summed E-state index contributed by atoms with van der Waals surface area (Å²) in [6.07, 6.45) is 3.38. The van der Waals surface area contributed by atoms with E-state index in [1.807, 2.05) is 24.3 Å². The lowest BCUT2D eigenvalue weighted by molar-refractivity contribution is -0.126. The Kier molecular flexibility index (Phi) is 10.8. The number of benzene rings is 2. The molecule has 2 rings (SSSR count). The first-order chi connectivity index (χ1) is 15.5. The Morgan fingerprint density at radius 1 is 0.812 bits per heavy atom. The van der Waals surface area contributed by atoms with E-state index in [1.165, 1.54) is 0 Å². The summed E-state index contributed by atoms with van der Waals surface area (Å²) in [7, 11) is 1.59. The third kappa shape index (κ3) is 9.20. The Bertz CT molecular complexity index is 863. The van der Waals surface area contributed by atoms with Gasteiger partial charge in [0.1, 0.15) is 11.5 Å². The number of Topliss-reactive ketones (excluding diaryl/α,β-unsaturated/α-hetero) is 1. The van der Waals surface area contributed by atoms with E-state index in [0.717, 1.165) is 36.3 Å². The number of hydrogen-bond donors (Lipinski definition) is 2. The molecular formula is C25H32N2O5. The van der Waals surface area contributed by atoms with Crippen LogP contribution in [-0.4, -0.2) is 37.9 Å². The predicted octanol–water partition coefficient (Wildman–Crippen LogP) is 3.66. The highest BCUT2D eigenvalue weighted by atomic mass is 16.5. The third-order valence-corrected chi connectivity index (χ3v) is 4.87. The molecule has 0 aliphatic carbocycles. The molecule has 0 bridgehead atoms. The molecule has 172 valence electrons. The normalized spacial score (nSPS) is 10.3. The van der Waals surface area contributed by atoms with Crippen molar-refractivity contribution in [2.24, 2.45) is 0 Å². The van der Waals surface area contributed by atoms with E-state index >= 15 is 0 Å². The molecule has 2 amide bonds. The van der Waals surface area contributed by atoms with Crippen molar-refractivity contribution in [2.45, 2.75) is 45.6 Å². The molecule has 2 aromatic carbocycles. The van der Waals surface area contributed by atoms with E-state index in [0.29, 0.717) is 18.7 Å². The second-order valence-corrected chi connectivity index (χ2v) is 7.40. The first kappa shape index (κ1) is 24.9. The van der Waals surface area contributed by atoms with Gasteiger partial charge in [-0.2, -0.15) is 0 Å². The lowest BCUT2D eigenvalue weighted by Crippen LogP contribution is -2.36. The molecule has 7 heteroatoms. The molecule has 0 radical (unpaired) electrons. The first-order valence-corrected chi connectivity index (χ1v) is 10.9. The van der Waals surface area contributed by atoms with Crippen LogP contribution in [0, 0.1) is 0 Å². The van der Waals surface area contributed by atoms with E-state index in [-0.39, 0.29) is 37.0 Å². The van der Waals surface area contributed by atoms with Gasteiger partial charge in [-0.3, -0.25) is 14.4 Å². The van der Waals surface area contributed by atoms with E-state index in [2.05, 4.69) is 17.6 Å². The Balaban J connectivity index is 1.64. The number of nitrogens with one attached hydrogen (secondary N) is 2. The van der Waals surface area contributed by atoms with Crippen LogP contribution in [-0.2, 0) is 16.1 Å². The van der Waals surface area contributed by atoms with Gasteiger partial charge in [0.2, 0.25) is 11.8 Å². The number of carbonyl (C=O) groups excluding carboxylic acids is 3. The van der Waals surface area contributed by atoms with E-state index < -0.39 is 0 Å². The van der Waals surface area contributed by atoms with Gasteiger partial charge in [-0.05, 0) is 48.4 Å². The summed E-state index contributed by atoms with van der Waals surface area (Å²) >= 11 is 0. The zero-order valence-electron chi connectivity index (χ0n) is 18.8. The zero-order chi connectivity index (χ0) is 23.2. The summed E-state index contributed by atoms with van der Waals surface area (Å²) in [5.41, 5.74) is 1.46. The molecular weight excluding hydrogens is 408 g/mol. The highest BCUT2D eigenvalue weighted by Crippen LogP contribution is 2.15. The summed E-state index contributed by atoms with van der Waals surface area (Å²) in [5, 5.41) is 5.28. The molecule has 0 saturated carbocycles. The number of amides is 2. The maximum Gasteiger partial charge on any atom is 0.239 e. The third-order valence-electron chi connectivity index (χ3n) is 4.87. The number of carbonyl (C=O) groups is 3. The van der Waals surface area contributed by atoms with Gasteiger partial charge < -0.3 is 20.1 Å². The van der Waals surface area contributed by atoms with Gasteiger partial charge in [0.25, 0.3) is 0 Å². The lowest BCUT2D eigenvalue weighted by atomic mass is 10.1. The maximum atomic E-state index is 12.3. The average Bonchev–Trinajstić information content (AvgIpc) is 2.83. The largest absolute Gasteiger partial charge is 0.497 e. The molecule has 0 saturated heterocycles. The number of rotatable bonds is 14. The number of ketones is 1. The topological polar surface area (TPSA) is 93.7 Å². The fourth-order valence-electron chi connectivity index (χ4n) is 2.92. The Hall–Kier alpha value is -3.35. The standard InChI is InChI=1S/C25H32N2O5/c1-3-4-5-16-32-22-12-8-20(9-13-22)23(28)14-15-24(29)27-18-25(30)26-17-19-6-10-21(31-2)11-7-19/h6-13H,3-5,14-18H2,1-2H3,(H,26,30)(H,27,29). The van der Waals surface area contributed by atoms with Crippen molar-refractivity contribution in [1.82, 2.24) is 10.6 Å². The Morgan fingerprint density at radius 3 is 2.16 bits per heavy atom. The molecule has 7 nitrogen and oxygen atoms in total. The monoisotopic (exact) mass is 440 g/mol. The lowest BCUT2D eigenvalue weighted by Gasteiger charge is -2.08. The van der Waals surface area contributed by atoms with Crippen molar-refractivity contribution < 1.29 is 23.9 Å². The smallest absolute Gasteiger partial charge is 0.239 e. The Morgan fingerprint density at radius 2 is 1.50 bits per heavy atom. The van der Waals surface area contributed by atoms with Crippen LogP contribution in [0.4, 0.5) is 0 Å². The average molecular weight is 441 g/mol. The van der Waals surface area contributed by atoms with Crippen molar-refractivity contribution in [2.75, 3.05) is 20.3 Å². The number of methoxy groups -OCH3 is 1. The van der Waals surface area contributed by atoms with Crippen molar-refractivity contribution in [3.8, 4) is 11.5 Å². The SMILES string of the molecule is CCCCCOc1ccc(C(=O)CCC(=O)NCC(=O)NCc2ccc(OC)cc2)cc1. The van der Waals surface area contributed by atoms with Crippen LogP contribution >= 0.6 is 0 Å². The minimum atomic E-state index is -0.339. The van der Waals surface area contributed by atoms with E-state index in [1.54, 1.807) is 31.4 Å². The van der Waals surface area contributed by atoms with Crippen LogP contribution in [0.2, 0.25) is 0 Å². The summed E-state index contributed by atoms with van der Waals surface area (Å²) in [4.78, 5) is 36.2. The second kappa shape index (κ2) is 13.9. The highest BCUT2D eigenvalue weighted by molar-refractivity contribution is 5.98. The van der Waals surface area contributed by atoms with Crippen molar-refractivity contribution in [1.29, 1.82) is 0 Å². The van der Waals surface area contributed by atoms with Gasteiger partial charge in [0.15, 0.2) is 5.78 Å². The van der Waals surface area contributed by atoms with Crippen LogP contribution in [0.1, 0.15) is 54.9 Å². The van der Waals surface area contributed by atoms with Crippen LogP contribution in [0.3, 0.4) is 0 Å². The quantitative estimate of drug-likeness (QED) is 0.345. The molecule has 0 aliphatic rings. The van der Waals surface area contributed by atoms with E-state index in [9.17, 15) is 14.4 Å².